The summed E-state index contributed by atoms with van der Waals surface area (Å²) in [6.07, 6.45) is 3.66. The van der Waals surface area contributed by atoms with Gasteiger partial charge in [0.1, 0.15) is 28.6 Å². The van der Waals surface area contributed by atoms with Crippen LogP contribution in [-0.2, 0) is 11.3 Å². The molecule has 0 saturated carbocycles. The van der Waals surface area contributed by atoms with Gasteiger partial charge in [-0.1, -0.05) is 6.07 Å². The number of nitrogens with zero attached hydrogens (tertiary/aromatic N) is 2. The monoisotopic (exact) mass is 418 g/mol. The first-order valence-corrected chi connectivity index (χ1v) is 10.2. The molecular formula is C20H20F2N4O2S. The van der Waals surface area contributed by atoms with E-state index < -0.39 is 17.5 Å². The number of hydrogen-bond acceptors (Lipinski definition) is 6. The number of thiophene rings is 1. The van der Waals surface area contributed by atoms with Crippen molar-refractivity contribution in [2.75, 3.05) is 18.5 Å². The number of aromatic nitrogens is 2. The first kappa shape index (κ1) is 19.7. The normalized spacial score (nSPS) is 16.3. The molecule has 0 radical (unpaired) electrons. The van der Waals surface area contributed by atoms with Crippen LogP contribution in [0.2, 0.25) is 0 Å². The van der Waals surface area contributed by atoms with E-state index in [0.29, 0.717) is 22.1 Å². The highest BCUT2D eigenvalue weighted by Gasteiger charge is 2.21. The first-order chi connectivity index (χ1) is 14.0. The SMILES string of the molecule is Cc1c(C(=O)NCc2c(F)cccc2F)sc2ncnc(NC[C@H]3CCCO3)c12. The summed E-state index contributed by atoms with van der Waals surface area (Å²) < 4.78 is 33.2. The minimum absolute atomic E-state index is 0.150. The quantitative estimate of drug-likeness (QED) is 0.637. The summed E-state index contributed by atoms with van der Waals surface area (Å²) in [7, 11) is 0. The fourth-order valence-corrected chi connectivity index (χ4v) is 4.45. The molecule has 1 fully saturated rings. The lowest BCUT2D eigenvalue weighted by molar-refractivity contribution is 0.0954. The van der Waals surface area contributed by atoms with E-state index in [1.807, 2.05) is 6.92 Å². The molecule has 152 valence electrons. The molecule has 0 unspecified atom stereocenters. The zero-order chi connectivity index (χ0) is 20.4. The number of nitrogens with one attached hydrogen (secondary N) is 2. The number of aryl methyl sites for hydroxylation is 1. The highest BCUT2D eigenvalue weighted by atomic mass is 32.1. The van der Waals surface area contributed by atoms with E-state index in [0.717, 1.165) is 42.5 Å². The van der Waals surface area contributed by atoms with E-state index >= 15 is 0 Å². The van der Waals surface area contributed by atoms with Crippen LogP contribution in [0.4, 0.5) is 14.6 Å². The van der Waals surface area contributed by atoms with Crippen molar-refractivity contribution in [2.24, 2.45) is 0 Å². The van der Waals surface area contributed by atoms with Gasteiger partial charge in [0.2, 0.25) is 0 Å². The van der Waals surface area contributed by atoms with Crippen molar-refractivity contribution < 1.29 is 18.3 Å². The lowest BCUT2D eigenvalue weighted by Gasteiger charge is -2.12. The van der Waals surface area contributed by atoms with Crippen molar-refractivity contribution in [2.45, 2.75) is 32.4 Å². The number of ether oxygens (including phenoxy) is 1. The first-order valence-electron chi connectivity index (χ1n) is 9.35. The van der Waals surface area contributed by atoms with E-state index in [2.05, 4.69) is 20.6 Å². The van der Waals surface area contributed by atoms with Gasteiger partial charge in [0, 0.05) is 25.3 Å². The molecule has 3 aromatic rings. The van der Waals surface area contributed by atoms with Gasteiger partial charge in [-0.15, -0.1) is 11.3 Å². The Hall–Kier alpha value is -2.65. The molecule has 6 nitrogen and oxygen atoms in total. The molecule has 0 bridgehead atoms. The number of benzene rings is 1. The fourth-order valence-electron chi connectivity index (χ4n) is 3.39. The van der Waals surface area contributed by atoms with Crippen molar-refractivity contribution in [3.8, 4) is 0 Å². The Balaban J connectivity index is 1.53. The Morgan fingerprint density at radius 3 is 2.83 bits per heavy atom. The number of carbonyl (C=O) groups is 1. The van der Waals surface area contributed by atoms with Gasteiger partial charge in [-0.3, -0.25) is 4.79 Å². The van der Waals surface area contributed by atoms with Gasteiger partial charge in [0.05, 0.1) is 16.4 Å². The largest absolute Gasteiger partial charge is 0.376 e. The number of fused-ring (bicyclic) bond motifs is 1. The second-order valence-electron chi connectivity index (χ2n) is 6.86. The molecule has 1 aromatic carbocycles. The van der Waals surface area contributed by atoms with Crippen molar-refractivity contribution in [3.05, 3.63) is 52.2 Å². The average molecular weight is 418 g/mol. The van der Waals surface area contributed by atoms with Gasteiger partial charge < -0.3 is 15.4 Å². The Labute approximate surface area is 170 Å². The molecule has 1 amide bonds. The number of halogens is 2. The number of carbonyl (C=O) groups excluding carboxylic acids is 1. The van der Waals surface area contributed by atoms with E-state index in [4.69, 9.17) is 4.74 Å². The van der Waals surface area contributed by atoms with Gasteiger partial charge in [0.25, 0.3) is 5.91 Å². The van der Waals surface area contributed by atoms with Crippen molar-refractivity contribution in [1.82, 2.24) is 15.3 Å². The van der Waals surface area contributed by atoms with E-state index in [1.165, 1.54) is 23.7 Å². The zero-order valence-corrected chi connectivity index (χ0v) is 16.6. The molecule has 9 heteroatoms. The highest BCUT2D eigenvalue weighted by molar-refractivity contribution is 7.20. The minimum Gasteiger partial charge on any atom is -0.376 e. The van der Waals surface area contributed by atoms with Crippen molar-refractivity contribution in [3.63, 3.8) is 0 Å². The molecule has 1 atom stereocenters. The van der Waals surface area contributed by atoms with Gasteiger partial charge >= 0.3 is 0 Å². The predicted molar refractivity (Wildman–Crippen MR) is 107 cm³/mol. The maximum Gasteiger partial charge on any atom is 0.261 e. The third-order valence-corrected chi connectivity index (χ3v) is 6.14. The Kier molecular flexibility index (Phi) is 5.68. The molecule has 0 aliphatic carbocycles. The number of amides is 1. The summed E-state index contributed by atoms with van der Waals surface area (Å²) in [5, 5.41) is 6.67. The van der Waals surface area contributed by atoms with Crippen LogP contribution in [0, 0.1) is 18.6 Å². The average Bonchev–Trinajstić information content (AvgIpc) is 3.34. The molecule has 2 aromatic heterocycles. The second kappa shape index (κ2) is 8.38. The lowest BCUT2D eigenvalue weighted by atomic mass is 10.1. The van der Waals surface area contributed by atoms with Crippen LogP contribution in [0.25, 0.3) is 10.2 Å². The number of hydrogen-bond donors (Lipinski definition) is 2. The Morgan fingerprint density at radius 1 is 1.31 bits per heavy atom. The molecular weight excluding hydrogens is 398 g/mol. The standard InChI is InChI=1S/C20H20F2N4O2S/c1-11-16-18(23-8-12-4-3-7-28-12)25-10-26-20(16)29-17(11)19(27)24-9-13-14(21)5-2-6-15(13)22/h2,5-6,10,12H,3-4,7-9H2,1H3,(H,24,27)(H,23,25,26)/t12-/m1/s1. The van der Waals surface area contributed by atoms with E-state index in [1.54, 1.807) is 0 Å². The van der Waals surface area contributed by atoms with Crippen LogP contribution in [0.15, 0.2) is 24.5 Å². The summed E-state index contributed by atoms with van der Waals surface area (Å²) in [6.45, 7) is 2.99. The van der Waals surface area contributed by atoms with E-state index in [-0.39, 0.29) is 18.2 Å². The van der Waals surface area contributed by atoms with Crippen LogP contribution in [0.1, 0.15) is 33.6 Å². The molecule has 1 aliphatic heterocycles. The molecule has 4 rings (SSSR count). The minimum atomic E-state index is -0.690. The number of anilines is 1. The Bertz CT molecular complexity index is 1030. The van der Waals surface area contributed by atoms with Crippen molar-refractivity contribution >= 4 is 33.3 Å². The third kappa shape index (κ3) is 4.06. The second-order valence-corrected chi connectivity index (χ2v) is 7.86. The molecule has 1 aliphatic rings. The lowest BCUT2D eigenvalue weighted by Crippen LogP contribution is -2.23. The van der Waals surface area contributed by atoms with Crippen LogP contribution in [0.5, 0.6) is 0 Å². The number of rotatable bonds is 6. The fraction of sp³-hybridized carbons (Fsp3) is 0.350. The highest BCUT2D eigenvalue weighted by Crippen LogP contribution is 2.33. The van der Waals surface area contributed by atoms with Gasteiger partial charge in [-0.25, -0.2) is 18.7 Å². The van der Waals surface area contributed by atoms with Crippen molar-refractivity contribution in [1.29, 1.82) is 0 Å². The third-order valence-electron chi connectivity index (χ3n) is 4.94. The van der Waals surface area contributed by atoms with Gasteiger partial charge in [0.15, 0.2) is 0 Å². The van der Waals surface area contributed by atoms with Crippen LogP contribution < -0.4 is 10.6 Å². The smallest absolute Gasteiger partial charge is 0.261 e. The predicted octanol–water partition coefficient (Wildman–Crippen LogP) is 3.80. The Morgan fingerprint density at radius 2 is 2.10 bits per heavy atom. The topological polar surface area (TPSA) is 76.1 Å². The molecule has 3 heterocycles. The van der Waals surface area contributed by atoms with Gasteiger partial charge in [-0.2, -0.15) is 0 Å². The molecule has 29 heavy (non-hydrogen) atoms. The van der Waals surface area contributed by atoms with E-state index in [9.17, 15) is 13.6 Å². The summed E-state index contributed by atoms with van der Waals surface area (Å²) in [4.78, 5) is 22.4. The molecule has 2 N–H and O–H groups in total. The van der Waals surface area contributed by atoms with Gasteiger partial charge in [-0.05, 0) is 37.5 Å². The summed E-state index contributed by atoms with van der Waals surface area (Å²) >= 11 is 1.23. The van der Waals surface area contributed by atoms with Crippen LogP contribution in [0.3, 0.4) is 0 Å². The van der Waals surface area contributed by atoms with Crippen LogP contribution >= 0.6 is 11.3 Å². The summed E-state index contributed by atoms with van der Waals surface area (Å²) in [5.41, 5.74) is 0.560. The molecule has 1 saturated heterocycles. The van der Waals surface area contributed by atoms with Crippen LogP contribution in [-0.4, -0.2) is 35.1 Å². The maximum absolute atomic E-state index is 13.8. The molecule has 0 spiro atoms. The maximum atomic E-state index is 13.8. The summed E-state index contributed by atoms with van der Waals surface area (Å²) in [6, 6.07) is 3.61. The summed E-state index contributed by atoms with van der Waals surface area (Å²) in [5.74, 6) is -1.13. The zero-order valence-electron chi connectivity index (χ0n) is 15.8.